The minimum absolute atomic E-state index is 0.0882. The van der Waals surface area contributed by atoms with E-state index in [2.05, 4.69) is 86.6 Å². The molecular weight excluding hydrogens is 412 g/mol. The van der Waals surface area contributed by atoms with Crippen LogP contribution in [0.4, 0.5) is 0 Å². The SMILES string of the molecule is COc1ccc(Sc2ccc([S+](c3ccc(C)cc3)c3ccc(C)cc3)s2)cc1. The van der Waals surface area contributed by atoms with Crippen LogP contribution < -0.4 is 4.74 Å². The van der Waals surface area contributed by atoms with Crippen LogP contribution in [-0.4, -0.2) is 7.11 Å². The minimum Gasteiger partial charge on any atom is -0.497 e. The summed E-state index contributed by atoms with van der Waals surface area (Å²) in [6, 6.07) is 30.7. The van der Waals surface area contributed by atoms with Crippen LogP contribution in [0.5, 0.6) is 5.75 Å². The first-order valence-electron chi connectivity index (χ1n) is 9.42. The van der Waals surface area contributed by atoms with Gasteiger partial charge in [0, 0.05) is 11.0 Å². The van der Waals surface area contributed by atoms with Gasteiger partial charge < -0.3 is 4.74 Å². The Hall–Kier alpha value is -2.14. The van der Waals surface area contributed by atoms with Gasteiger partial charge in [-0.15, -0.1) is 0 Å². The summed E-state index contributed by atoms with van der Waals surface area (Å²) in [5.74, 6) is 0.890. The molecule has 0 bridgehead atoms. The van der Waals surface area contributed by atoms with Gasteiger partial charge in [-0.2, -0.15) is 0 Å². The maximum Gasteiger partial charge on any atom is 0.221 e. The predicted molar refractivity (Wildman–Crippen MR) is 126 cm³/mol. The molecular formula is C25H23OS3+. The lowest BCUT2D eigenvalue weighted by Crippen LogP contribution is -2.02. The molecule has 0 saturated heterocycles. The van der Waals surface area contributed by atoms with Gasteiger partial charge in [0.2, 0.25) is 4.21 Å². The molecule has 146 valence electrons. The lowest BCUT2D eigenvalue weighted by molar-refractivity contribution is 0.414. The summed E-state index contributed by atoms with van der Waals surface area (Å²) >= 11 is 3.70. The molecule has 3 aromatic carbocycles. The number of ether oxygens (including phenoxy) is 1. The fourth-order valence-electron chi connectivity index (χ4n) is 2.94. The van der Waals surface area contributed by atoms with E-state index < -0.39 is 0 Å². The van der Waals surface area contributed by atoms with Crippen molar-refractivity contribution in [3.05, 3.63) is 96.1 Å². The molecule has 4 heteroatoms. The summed E-state index contributed by atoms with van der Waals surface area (Å²) in [5.41, 5.74) is 2.59. The van der Waals surface area contributed by atoms with E-state index in [-0.39, 0.29) is 10.9 Å². The number of hydrogen-bond acceptors (Lipinski definition) is 3. The second kappa shape index (κ2) is 9.12. The van der Waals surface area contributed by atoms with Gasteiger partial charge in [-0.3, -0.25) is 0 Å². The summed E-state index contributed by atoms with van der Waals surface area (Å²) in [4.78, 5) is 3.95. The van der Waals surface area contributed by atoms with Gasteiger partial charge in [0.1, 0.15) is 16.6 Å². The molecule has 0 radical (unpaired) electrons. The highest BCUT2D eigenvalue weighted by Crippen LogP contribution is 2.40. The Kier molecular flexibility index (Phi) is 6.34. The van der Waals surface area contributed by atoms with Gasteiger partial charge in [0.25, 0.3) is 0 Å². The zero-order chi connectivity index (χ0) is 20.2. The van der Waals surface area contributed by atoms with Crippen LogP contribution in [0, 0.1) is 13.8 Å². The quantitative estimate of drug-likeness (QED) is 0.288. The van der Waals surface area contributed by atoms with Gasteiger partial charge in [0.15, 0.2) is 9.79 Å². The van der Waals surface area contributed by atoms with Crippen LogP contribution in [0.3, 0.4) is 0 Å². The molecule has 0 aliphatic carbocycles. The van der Waals surface area contributed by atoms with Crippen LogP contribution in [0.2, 0.25) is 0 Å². The van der Waals surface area contributed by atoms with E-state index in [9.17, 15) is 0 Å². The molecule has 0 amide bonds. The third-order valence-electron chi connectivity index (χ3n) is 4.55. The van der Waals surface area contributed by atoms with E-state index >= 15 is 0 Å². The topological polar surface area (TPSA) is 9.23 Å². The maximum atomic E-state index is 5.26. The standard InChI is InChI=1S/C25H23OS3/c1-18-4-12-22(13-5-18)29(23-14-6-19(2)7-15-23)25-17-16-24(28-25)27-21-10-8-20(26-3)9-11-21/h4-17H,1-3H3/q+1. The first-order chi connectivity index (χ1) is 14.1. The lowest BCUT2D eigenvalue weighted by atomic mass is 10.2. The number of benzene rings is 3. The maximum absolute atomic E-state index is 5.26. The second-order valence-electron chi connectivity index (χ2n) is 6.78. The third kappa shape index (κ3) is 4.89. The Balaban J connectivity index is 1.65. The number of thiophene rings is 1. The summed E-state index contributed by atoms with van der Waals surface area (Å²) < 4.78 is 7.97. The van der Waals surface area contributed by atoms with E-state index in [1.165, 1.54) is 34.2 Å². The van der Waals surface area contributed by atoms with Gasteiger partial charge in [-0.1, -0.05) is 58.5 Å². The Labute approximate surface area is 184 Å². The molecule has 0 fully saturated rings. The van der Waals surface area contributed by atoms with Gasteiger partial charge >= 0.3 is 0 Å². The molecule has 4 rings (SSSR count). The minimum atomic E-state index is -0.0882. The molecule has 0 saturated carbocycles. The molecule has 0 N–H and O–H groups in total. The number of aryl methyl sites for hydroxylation is 2. The average Bonchev–Trinajstić information content (AvgIpc) is 3.19. The van der Waals surface area contributed by atoms with Crippen molar-refractivity contribution in [2.45, 2.75) is 37.0 Å². The van der Waals surface area contributed by atoms with Crippen LogP contribution in [-0.2, 0) is 10.9 Å². The molecule has 1 aromatic heterocycles. The van der Waals surface area contributed by atoms with Crippen molar-refractivity contribution in [1.82, 2.24) is 0 Å². The fraction of sp³-hybridized carbons (Fsp3) is 0.120. The molecule has 0 aliphatic heterocycles. The van der Waals surface area contributed by atoms with Crippen molar-refractivity contribution in [3.8, 4) is 5.75 Å². The molecule has 1 nitrogen and oxygen atoms in total. The van der Waals surface area contributed by atoms with E-state index in [1.54, 1.807) is 7.11 Å². The highest BCUT2D eigenvalue weighted by molar-refractivity contribution is 8.02. The monoisotopic (exact) mass is 435 g/mol. The Morgan fingerprint density at radius 2 is 1.24 bits per heavy atom. The smallest absolute Gasteiger partial charge is 0.221 e. The van der Waals surface area contributed by atoms with Gasteiger partial charge in [0.05, 0.1) is 11.3 Å². The van der Waals surface area contributed by atoms with Crippen molar-refractivity contribution in [1.29, 1.82) is 0 Å². The van der Waals surface area contributed by atoms with Crippen LogP contribution >= 0.6 is 23.1 Å². The van der Waals surface area contributed by atoms with Crippen molar-refractivity contribution < 1.29 is 4.74 Å². The zero-order valence-electron chi connectivity index (χ0n) is 16.7. The van der Waals surface area contributed by atoms with Gasteiger partial charge in [-0.05, 0) is 68.4 Å². The van der Waals surface area contributed by atoms with E-state index in [0.717, 1.165) is 5.75 Å². The molecule has 4 aromatic rings. The molecule has 29 heavy (non-hydrogen) atoms. The number of methoxy groups -OCH3 is 1. The number of hydrogen-bond donors (Lipinski definition) is 0. The first-order valence-corrected chi connectivity index (χ1v) is 12.3. The number of rotatable bonds is 6. The van der Waals surface area contributed by atoms with Gasteiger partial charge in [-0.25, -0.2) is 0 Å². The molecule has 0 spiro atoms. The lowest BCUT2D eigenvalue weighted by Gasteiger charge is -2.06. The van der Waals surface area contributed by atoms with Crippen LogP contribution in [0.15, 0.2) is 108 Å². The Morgan fingerprint density at radius 3 is 1.76 bits per heavy atom. The molecule has 0 unspecified atom stereocenters. The average molecular weight is 436 g/mol. The van der Waals surface area contributed by atoms with Crippen molar-refractivity contribution in [2.24, 2.45) is 0 Å². The van der Waals surface area contributed by atoms with Crippen molar-refractivity contribution >= 4 is 34.0 Å². The van der Waals surface area contributed by atoms with Crippen LogP contribution in [0.1, 0.15) is 11.1 Å². The fourth-order valence-corrected chi connectivity index (χ4v) is 7.88. The van der Waals surface area contributed by atoms with E-state index in [4.69, 9.17) is 4.74 Å². The highest BCUT2D eigenvalue weighted by Gasteiger charge is 2.30. The molecule has 0 atom stereocenters. The van der Waals surface area contributed by atoms with Crippen molar-refractivity contribution in [3.63, 3.8) is 0 Å². The normalized spacial score (nSPS) is 11.0. The van der Waals surface area contributed by atoms with E-state index in [1.807, 2.05) is 35.2 Å². The predicted octanol–water partition coefficient (Wildman–Crippen LogP) is 7.62. The van der Waals surface area contributed by atoms with Crippen molar-refractivity contribution in [2.75, 3.05) is 7.11 Å². The third-order valence-corrected chi connectivity index (χ3v) is 9.34. The zero-order valence-corrected chi connectivity index (χ0v) is 19.2. The Morgan fingerprint density at radius 1 is 0.690 bits per heavy atom. The van der Waals surface area contributed by atoms with E-state index in [0.29, 0.717) is 0 Å². The largest absolute Gasteiger partial charge is 0.497 e. The second-order valence-corrected chi connectivity index (χ2v) is 11.5. The summed E-state index contributed by atoms with van der Waals surface area (Å²) in [6.07, 6.45) is 0. The van der Waals surface area contributed by atoms with Crippen LogP contribution in [0.25, 0.3) is 0 Å². The Bertz CT molecular complexity index is 1020. The first kappa shape index (κ1) is 20.1. The highest BCUT2D eigenvalue weighted by atomic mass is 32.2. The summed E-state index contributed by atoms with van der Waals surface area (Å²) in [6.45, 7) is 4.28. The molecule has 0 aliphatic rings. The summed E-state index contributed by atoms with van der Waals surface area (Å²) in [5, 5.41) is 0. The molecule has 1 heterocycles. The summed E-state index contributed by atoms with van der Waals surface area (Å²) in [7, 11) is 1.61.